The van der Waals surface area contributed by atoms with E-state index in [0.717, 1.165) is 6.08 Å². The lowest BCUT2D eigenvalue weighted by Crippen LogP contribution is -2.29. The van der Waals surface area contributed by atoms with Crippen LogP contribution in [0.25, 0.3) is 0 Å². The molecule has 0 unspecified atom stereocenters. The zero-order valence-electron chi connectivity index (χ0n) is 8.10. The molecule has 0 radical (unpaired) electrons. The maximum Gasteiger partial charge on any atom is 0.343 e. The second-order valence-electron chi connectivity index (χ2n) is 2.59. The second kappa shape index (κ2) is 4.73. The summed E-state index contributed by atoms with van der Waals surface area (Å²) in [6.07, 6.45) is 0.887. The Bertz CT molecular complexity index is 247. The molecule has 6 nitrogen and oxygen atoms in total. The number of carbonyl (C=O) groups is 2. The van der Waals surface area contributed by atoms with Crippen molar-refractivity contribution in [3.8, 4) is 0 Å². The van der Waals surface area contributed by atoms with E-state index in [2.05, 4.69) is 0 Å². The van der Waals surface area contributed by atoms with Crippen molar-refractivity contribution in [3.63, 3.8) is 0 Å². The van der Waals surface area contributed by atoms with Crippen molar-refractivity contribution in [2.75, 3.05) is 14.2 Å². The summed E-state index contributed by atoms with van der Waals surface area (Å²) in [5, 5.41) is 17.1. The molecule has 0 saturated carbocycles. The average Bonchev–Trinajstić information content (AvgIpc) is 2.13. The number of hydrogen-bond acceptors (Lipinski definition) is 4. The number of aliphatic carboxylic acids is 2. The molecule has 0 aromatic heterocycles. The van der Waals surface area contributed by atoms with Crippen molar-refractivity contribution in [1.82, 2.24) is 0 Å². The molecule has 0 aromatic carbocycles. The molecule has 0 aromatic rings. The molecule has 0 saturated heterocycles. The summed E-state index contributed by atoms with van der Waals surface area (Å²) >= 11 is 0. The zero-order chi connectivity index (χ0) is 11.4. The molecular formula is C8H12O6. The Morgan fingerprint density at radius 2 is 1.50 bits per heavy atom. The number of hydrogen-bond donors (Lipinski definition) is 2. The summed E-state index contributed by atoms with van der Waals surface area (Å²) in [4.78, 5) is 21.0. The third-order valence-electron chi connectivity index (χ3n) is 1.68. The van der Waals surface area contributed by atoms with Crippen LogP contribution in [-0.4, -0.2) is 42.2 Å². The molecule has 0 aliphatic rings. The van der Waals surface area contributed by atoms with Gasteiger partial charge in [-0.15, -0.1) is 0 Å². The average molecular weight is 204 g/mol. The van der Waals surface area contributed by atoms with Crippen molar-refractivity contribution in [2.45, 2.75) is 12.7 Å². The molecule has 80 valence electrons. The van der Waals surface area contributed by atoms with E-state index in [9.17, 15) is 9.59 Å². The van der Waals surface area contributed by atoms with Crippen LogP contribution in [0.4, 0.5) is 0 Å². The van der Waals surface area contributed by atoms with Crippen LogP contribution in [0.3, 0.4) is 0 Å². The second-order valence-corrected chi connectivity index (χ2v) is 2.59. The minimum atomic E-state index is -1.54. The van der Waals surface area contributed by atoms with Crippen molar-refractivity contribution in [2.24, 2.45) is 0 Å². The summed E-state index contributed by atoms with van der Waals surface area (Å²) in [5.74, 6) is -4.44. The Hall–Kier alpha value is -1.40. The van der Waals surface area contributed by atoms with Crippen molar-refractivity contribution >= 4 is 11.9 Å². The summed E-state index contributed by atoms with van der Waals surface area (Å²) < 4.78 is 9.58. The Morgan fingerprint density at radius 3 is 1.71 bits per heavy atom. The van der Waals surface area contributed by atoms with Gasteiger partial charge in [0.25, 0.3) is 0 Å². The third-order valence-corrected chi connectivity index (χ3v) is 1.68. The molecule has 0 amide bonds. The normalized spacial score (nSPS) is 10.8. The van der Waals surface area contributed by atoms with Crippen LogP contribution in [0.5, 0.6) is 0 Å². The van der Waals surface area contributed by atoms with E-state index in [0.29, 0.717) is 0 Å². The Balaban J connectivity index is 5.08. The molecule has 0 fully saturated rings. The summed E-state index contributed by atoms with van der Waals surface area (Å²) in [6.45, 7) is 1.40. The van der Waals surface area contributed by atoms with E-state index >= 15 is 0 Å². The van der Waals surface area contributed by atoms with Gasteiger partial charge >= 0.3 is 11.9 Å². The highest BCUT2D eigenvalue weighted by atomic mass is 16.7. The van der Waals surface area contributed by atoms with E-state index < -0.39 is 23.3 Å². The van der Waals surface area contributed by atoms with Gasteiger partial charge in [-0.05, 0) is 13.0 Å². The van der Waals surface area contributed by atoms with Gasteiger partial charge < -0.3 is 19.7 Å². The van der Waals surface area contributed by atoms with Gasteiger partial charge in [0, 0.05) is 14.2 Å². The van der Waals surface area contributed by atoms with Crippen molar-refractivity contribution in [1.29, 1.82) is 0 Å². The van der Waals surface area contributed by atoms with Gasteiger partial charge in [0.15, 0.2) is 5.79 Å². The Labute approximate surface area is 80.7 Å². The van der Waals surface area contributed by atoms with E-state index in [4.69, 9.17) is 19.7 Å². The lowest BCUT2D eigenvalue weighted by Gasteiger charge is -2.22. The van der Waals surface area contributed by atoms with Crippen LogP contribution < -0.4 is 0 Å². The van der Waals surface area contributed by atoms with Crippen molar-refractivity contribution in [3.05, 3.63) is 11.6 Å². The van der Waals surface area contributed by atoms with Gasteiger partial charge in [0.2, 0.25) is 0 Å². The minimum absolute atomic E-state index is 0.795. The van der Waals surface area contributed by atoms with Gasteiger partial charge in [0.05, 0.1) is 0 Å². The van der Waals surface area contributed by atoms with E-state index in [1.807, 2.05) is 0 Å². The van der Waals surface area contributed by atoms with Crippen LogP contribution in [0, 0.1) is 0 Å². The maximum absolute atomic E-state index is 10.5. The fourth-order valence-electron chi connectivity index (χ4n) is 0.678. The fraction of sp³-hybridized carbons (Fsp3) is 0.500. The molecule has 0 spiro atoms. The number of ether oxygens (including phenoxy) is 2. The SMILES string of the molecule is COC(C)(C=C(C(=O)O)C(=O)O)OC. The quantitative estimate of drug-likeness (QED) is 0.285. The van der Waals surface area contributed by atoms with Gasteiger partial charge in [-0.25, -0.2) is 9.59 Å². The molecular weight excluding hydrogens is 192 g/mol. The van der Waals surface area contributed by atoms with Crippen LogP contribution in [0.15, 0.2) is 11.6 Å². The third kappa shape index (κ3) is 3.15. The first-order chi connectivity index (χ1) is 6.36. The molecule has 0 heterocycles. The first-order valence-corrected chi connectivity index (χ1v) is 3.66. The number of rotatable bonds is 5. The van der Waals surface area contributed by atoms with Crippen molar-refractivity contribution < 1.29 is 29.3 Å². The molecule has 14 heavy (non-hydrogen) atoms. The monoisotopic (exact) mass is 204 g/mol. The van der Waals surface area contributed by atoms with E-state index in [1.165, 1.54) is 21.1 Å². The molecule has 6 heteroatoms. The highest BCUT2D eigenvalue weighted by Crippen LogP contribution is 2.14. The Kier molecular flexibility index (Phi) is 4.26. The summed E-state index contributed by atoms with van der Waals surface area (Å²) in [7, 11) is 2.56. The lowest BCUT2D eigenvalue weighted by atomic mass is 10.1. The number of carboxylic acid groups (broad SMARTS) is 2. The highest BCUT2D eigenvalue weighted by Gasteiger charge is 2.26. The van der Waals surface area contributed by atoms with Crippen LogP contribution in [0.2, 0.25) is 0 Å². The standard InChI is InChI=1S/C8H12O6/c1-8(13-2,14-3)4-5(6(9)10)7(11)12/h4H,1-3H3,(H,9,10)(H,11,12). The number of carboxylic acids is 2. The lowest BCUT2D eigenvalue weighted by molar-refractivity contribution is -0.159. The maximum atomic E-state index is 10.5. The summed E-state index contributed by atoms with van der Waals surface area (Å²) in [6, 6.07) is 0. The predicted octanol–water partition coefficient (Wildman–Crippen LogP) is 0.0910. The fourth-order valence-corrected chi connectivity index (χ4v) is 0.678. The van der Waals surface area contributed by atoms with Gasteiger partial charge in [-0.3, -0.25) is 0 Å². The largest absolute Gasteiger partial charge is 0.477 e. The van der Waals surface area contributed by atoms with E-state index in [-0.39, 0.29) is 0 Å². The smallest absolute Gasteiger partial charge is 0.343 e. The molecule has 0 aliphatic carbocycles. The highest BCUT2D eigenvalue weighted by molar-refractivity contribution is 6.12. The summed E-state index contributed by atoms with van der Waals surface area (Å²) in [5.41, 5.74) is -0.795. The van der Waals surface area contributed by atoms with Gasteiger partial charge in [0.1, 0.15) is 5.57 Å². The van der Waals surface area contributed by atoms with Crippen LogP contribution >= 0.6 is 0 Å². The number of methoxy groups -OCH3 is 2. The molecule has 0 bridgehead atoms. The van der Waals surface area contributed by atoms with Crippen LogP contribution in [0.1, 0.15) is 6.92 Å². The first-order valence-electron chi connectivity index (χ1n) is 3.66. The Morgan fingerprint density at radius 1 is 1.14 bits per heavy atom. The molecule has 0 aliphatic heterocycles. The molecule has 2 N–H and O–H groups in total. The van der Waals surface area contributed by atoms with Crippen LogP contribution in [-0.2, 0) is 19.1 Å². The zero-order valence-corrected chi connectivity index (χ0v) is 8.10. The minimum Gasteiger partial charge on any atom is -0.477 e. The predicted molar refractivity (Wildman–Crippen MR) is 45.8 cm³/mol. The molecule has 0 atom stereocenters. The first kappa shape index (κ1) is 12.6. The molecule has 0 rings (SSSR count). The van der Waals surface area contributed by atoms with Gasteiger partial charge in [-0.2, -0.15) is 0 Å². The van der Waals surface area contributed by atoms with E-state index in [1.54, 1.807) is 0 Å². The van der Waals surface area contributed by atoms with Gasteiger partial charge in [-0.1, -0.05) is 0 Å². The topological polar surface area (TPSA) is 93.1 Å².